The van der Waals surface area contributed by atoms with Crippen molar-refractivity contribution in [3.05, 3.63) is 46.9 Å². The van der Waals surface area contributed by atoms with Gasteiger partial charge in [-0.15, -0.1) is 0 Å². The molecular formula is C23H25BrFN5O3. The minimum absolute atomic E-state index is 0.182. The van der Waals surface area contributed by atoms with E-state index in [1.54, 1.807) is 31.4 Å². The number of aromatic nitrogens is 2. The number of likely N-dealkylation sites (tertiary alicyclic amines) is 1. The highest BCUT2D eigenvalue weighted by molar-refractivity contribution is 9.10. The van der Waals surface area contributed by atoms with E-state index in [2.05, 4.69) is 36.1 Å². The van der Waals surface area contributed by atoms with Crippen molar-refractivity contribution in [3.63, 3.8) is 0 Å². The maximum Gasteiger partial charge on any atom is 0.234 e. The molecule has 1 atom stereocenters. The molecule has 0 radical (unpaired) electrons. The molecule has 1 aliphatic rings. The van der Waals surface area contributed by atoms with Crippen LogP contribution in [0.2, 0.25) is 0 Å². The molecule has 0 aliphatic carbocycles. The number of amides is 1. The number of benzene rings is 2. The van der Waals surface area contributed by atoms with Gasteiger partial charge >= 0.3 is 0 Å². The lowest BCUT2D eigenvalue weighted by atomic mass is 10.2. The van der Waals surface area contributed by atoms with Crippen molar-refractivity contribution in [2.24, 2.45) is 5.73 Å². The highest BCUT2D eigenvalue weighted by Gasteiger charge is 2.28. The van der Waals surface area contributed by atoms with Gasteiger partial charge in [-0.25, -0.2) is 14.4 Å². The first kappa shape index (κ1) is 23.2. The molecule has 33 heavy (non-hydrogen) atoms. The molecule has 2 heterocycles. The molecule has 0 bridgehead atoms. The summed E-state index contributed by atoms with van der Waals surface area (Å²) in [5, 5.41) is 3.70. The number of hydrogen-bond acceptors (Lipinski definition) is 7. The Bertz CT molecular complexity index is 1160. The van der Waals surface area contributed by atoms with E-state index in [1.165, 1.54) is 12.4 Å². The summed E-state index contributed by atoms with van der Waals surface area (Å²) in [6.07, 6.45) is 3.95. The van der Waals surface area contributed by atoms with Crippen molar-refractivity contribution in [2.75, 3.05) is 32.1 Å². The van der Waals surface area contributed by atoms with E-state index in [-0.39, 0.29) is 11.9 Å². The van der Waals surface area contributed by atoms with Crippen LogP contribution in [0.15, 0.2) is 41.1 Å². The third-order valence-corrected chi connectivity index (χ3v) is 6.14. The molecule has 1 amide bonds. The first-order valence-electron chi connectivity index (χ1n) is 10.7. The van der Waals surface area contributed by atoms with E-state index in [4.69, 9.17) is 15.2 Å². The van der Waals surface area contributed by atoms with Gasteiger partial charge in [-0.05, 0) is 50.1 Å². The molecule has 174 valence electrons. The van der Waals surface area contributed by atoms with Gasteiger partial charge in [0.2, 0.25) is 5.91 Å². The fraction of sp³-hybridized carbons (Fsp3) is 0.348. The van der Waals surface area contributed by atoms with Crippen LogP contribution in [-0.4, -0.2) is 53.6 Å². The number of carbonyl (C=O) groups is 1. The van der Waals surface area contributed by atoms with E-state index in [1.807, 2.05) is 0 Å². The maximum atomic E-state index is 14.3. The number of anilines is 2. The fourth-order valence-electron chi connectivity index (χ4n) is 4.02. The molecule has 2 aromatic carbocycles. The zero-order chi connectivity index (χ0) is 23.4. The van der Waals surface area contributed by atoms with Gasteiger partial charge in [0, 0.05) is 22.5 Å². The molecule has 4 rings (SSSR count). The Labute approximate surface area is 199 Å². The molecule has 8 nitrogen and oxygen atoms in total. The minimum Gasteiger partial charge on any atom is -0.493 e. The van der Waals surface area contributed by atoms with Crippen molar-refractivity contribution in [2.45, 2.75) is 25.3 Å². The smallest absolute Gasteiger partial charge is 0.234 e. The van der Waals surface area contributed by atoms with Crippen LogP contribution in [0, 0.1) is 5.82 Å². The first-order chi connectivity index (χ1) is 16.0. The Morgan fingerprint density at radius 3 is 2.91 bits per heavy atom. The number of hydrogen-bond donors (Lipinski definition) is 2. The van der Waals surface area contributed by atoms with Gasteiger partial charge in [-0.2, -0.15) is 0 Å². The summed E-state index contributed by atoms with van der Waals surface area (Å²) in [5.41, 5.74) is 6.41. The molecular weight excluding hydrogens is 493 g/mol. The Balaban J connectivity index is 1.48. The predicted molar refractivity (Wildman–Crippen MR) is 127 cm³/mol. The summed E-state index contributed by atoms with van der Waals surface area (Å²) in [6.45, 7) is 2.06. The van der Waals surface area contributed by atoms with Crippen LogP contribution in [-0.2, 0) is 4.79 Å². The third kappa shape index (κ3) is 5.33. The van der Waals surface area contributed by atoms with Crippen molar-refractivity contribution in [3.8, 4) is 11.5 Å². The van der Waals surface area contributed by atoms with Gasteiger partial charge in [0.1, 0.15) is 18.0 Å². The lowest BCUT2D eigenvalue weighted by Crippen LogP contribution is -2.40. The van der Waals surface area contributed by atoms with Gasteiger partial charge in [0.15, 0.2) is 11.5 Å². The average Bonchev–Trinajstić information content (AvgIpc) is 3.27. The van der Waals surface area contributed by atoms with Gasteiger partial charge in [-0.1, -0.05) is 15.9 Å². The monoisotopic (exact) mass is 517 g/mol. The van der Waals surface area contributed by atoms with E-state index in [0.29, 0.717) is 45.0 Å². The Morgan fingerprint density at radius 2 is 2.15 bits per heavy atom. The van der Waals surface area contributed by atoms with E-state index in [9.17, 15) is 9.18 Å². The zero-order valence-electron chi connectivity index (χ0n) is 18.2. The van der Waals surface area contributed by atoms with Crippen molar-refractivity contribution in [1.29, 1.82) is 0 Å². The van der Waals surface area contributed by atoms with Gasteiger partial charge in [-0.3, -0.25) is 9.69 Å². The number of primary amides is 1. The number of nitrogens with two attached hydrogens (primary N) is 1. The second kappa shape index (κ2) is 10.3. The Kier molecular flexibility index (Phi) is 7.24. The van der Waals surface area contributed by atoms with Crippen LogP contribution < -0.4 is 20.5 Å². The number of halogens is 2. The molecule has 1 saturated heterocycles. The van der Waals surface area contributed by atoms with Crippen LogP contribution in [0.4, 0.5) is 15.9 Å². The normalized spacial score (nSPS) is 16.2. The average molecular weight is 518 g/mol. The summed E-state index contributed by atoms with van der Waals surface area (Å²) >= 11 is 3.26. The van der Waals surface area contributed by atoms with E-state index in [0.717, 1.165) is 32.4 Å². The molecule has 3 aromatic rings. The molecule has 1 aromatic heterocycles. The Hall–Kier alpha value is -2.98. The summed E-state index contributed by atoms with van der Waals surface area (Å²) in [4.78, 5) is 22.3. The summed E-state index contributed by atoms with van der Waals surface area (Å²) in [7, 11) is 1.56. The lowest BCUT2D eigenvalue weighted by Gasteiger charge is -2.21. The number of nitrogens with one attached hydrogen (secondary N) is 1. The highest BCUT2D eigenvalue weighted by atomic mass is 79.9. The van der Waals surface area contributed by atoms with Crippen molar-refractivity contribution < 1.29 is 18.7 Å². The van der Waals surface area contributed by atoms with Gasteiger partial charge < -0.3 is 20.5 Å². The second-order valence-electron chi connectivity index (χ2n) is 7.79. The molecule has 0 unspecified atom stereocenters. The zero-order valence-corrected chi connectivity index (χ0v) is 19.8. The van der Waals surface area contributed by atoms with Gasteiger partial charge in [0.05, 0.1) is 31.0 Å². The highest BCUT2D eigenvalue weighted by Crippen LogP contribution is 2.35. The number of rotatable bonds is 9. The standard InChI is InChI=1S/C23H25BrFN5O3/c1-32-20-11-15-18(27-13-28-23(15)29-17-6-5-14(24)10-16(17)25)12-21(20)33-9-3-8-30-7-2-4-19(30)22(26)31/h5-6,10-13,19H,2-4,7-9H2,1H3,(H2,26,31)(H,27,28,29)/t19-/m0/s1. The molecule has 10 heteroatoms. The maximum absolute atomic E-state index is 14.3. The largest absolute Gasteiger partial charge is 0.493 e. The number of nitrogens with zero attached hydrogens (tertiary/aromatic N) is 3. The summed E-state index contributed by atoms with van der Waals surface area (Å²) < 4.78 is 26.4. The summed E-state index contributed by atoms with van der Waals surface area (Å²) in [6, 6.07) is 8.12. The molecule has 3 N–H and O–H groups in total. The molecule has 0 spiro atoms. The first-order valence-corrected chi connectivity index (χ1v) is 11.5. The molecule has 0 saturated carbocycles. The Morgan fingerprint density at radius 1 is 1.30 bits per heavy atom. The lowest BCUT2D eigenvalue weighted by molar-refractivity contribution is -0.122. The van der Waals surface area contributed by atoms with Gasteiger partial charge in [0.25, 0.3) is 0 Å². The van der Waals surface area contributed by atoms with Crippen molar-refractivity contribution in [1.82, 2.24) is 14.9 Å². The molecule has 1 aliphatic heterocycles. The topological polar surface area (TPSA) is 103 Å². The van der Waals surface area contributed by atoms with E-state index >= 15 is 0 Å². The van der Waals surface area contributed by atoms with E-state index < -0.39 is 5.82 Å². The molecule has 1 fully saturated rings. The van der Waals surface area contributed by atoms with Crippen LogP contribution >= 0.6 is 15.9 Å². The summed E-state index contributed by atoms with van der Waals surface area (Å²) in [5.74, 6) is 0.860. The predicted octanol–water partition coefficient (Wildman–Crippen LogP) is 4.00. The minimum atomic E-state index is -0.403. The quantitative estimate of drug-likeness (QED) is 0.413. The van der Waals surface area contributed by atoms with Crippen molar-refractivity contribution >= 4 is 44.2 Å². The van der Waals surface area contributed by atoms with Crippen LogP contribution in [0.25, 0.3) is 10.9 Å². The number of methoxy groups -OCH3 is 1. The number of fused-ring (bicyclic) bond motifs is 1. The second-order valence-corrected chi connectivity index (χ2v) is 8.71. The van der Waals surface area contributed by atoms with Crippen LogP contribution in [0.5, 0.6) is 11.5 Å². The van der Waals surface area contributed by atoms with Crippen LogP contribution in [0.1, 0.15) is 19.3 Å². The van der Waals surface area contributed by atoms with Crippen LogP contribution in [0.3, 0.4) is 0 Å². The third-order valence-electron chi connectivity index (χ3n) is 5.64. The number of carbonyl (C=O) groups excluding carboxylic acids is 1. The fourth-order valence-corrected chi connectivity index (χ4v) is 4.35. The number of ether oxygens (including phenoxy) is 2. The SMILES string of the molecule is COc1cc2c(Nc3ccc(Br)cc3F)ncnc2cc1OCCCN1CCC[C@H]1C(N)=O.